The maximum Gasteiger partial charge on any atom is 0.165 e. The average molecular weight is 356 g/mol. The summed E-state index contributed by atoms with van der Waals surface area (Å²) in [4.78, 5) is 7.75. The average Bonchev–Trinajstić information content (AvgIpc) is 3.20. The minimum Gasteiger partial charge on any atom is -0.342 e. The van der Waals surface area contributed by atoms with Gasteiger partial charge in [-0.05, 0) is 63.3 Å². The van der Waals surface area contributed by atoms with Crippen molar-refractivity contribution >= 4 is 22.6 Å². The Balaban J connectivity index is 1.99. The van der Waals surface area contributed by atoms with E-state index in [2.05, 4.69) is 31.7 Å². The lowest BCUT2D eigenvalue weighted by molar-refractivity contribution is 0.163. The predicted molar refractivity (Wildman–Crippen MR) is 108 cm³/mol. The summed E-state index contributed by atoms with van der Waals surface area (Å²) in [5.74, 6) is 1.17. The van der Waals surface area contributed by atoms with Gasteiger partial charge in [0.2, 0.25) is 0 Å². The summed E-state index contributed by atoms with van der Waals surface area (Å²) >= 11 is 1.93. The van der Waals surface area contributed by atoms with Crippen LogP contribution in [0.4, 0.5) is 5.69 Å². The number of benzene rings is 1. The number of thioether (sulfide) groups is 1. The van der Waals surface area contributed by atoms with Gasteiger partial charge in [-0.2, -0.15) is 5.26 Å². The fraction of sp³-hybridized carbons (Fsp3) is 0.619. The standard InChI is InChI=1S/C21H29N3S/c1-5-8-15(2)24-20(25-14-21(24)11-6-7-12-21)23-19-10-9-18(13-22)16(3)17(19)4/h9-10,15H,5-8,11-12,14H2,1-4H3. The molecule has 0 radical (unpaired) electrons. The van der Waals surface area contributed by atoms with Crippen LogP contribution in [0.5, 0.6) is 0 Å². The zero-order valence-corrected chi connectivity index (χ0v) is 16.7. The molecule has 0 amide bonds. The van der Waals surface area contributed by atoms with Crippen LogP contribution in [0, 0.1) is 25.2 Å². The lowest BCUT2D eigenvalue weighted by atomic mass is 9.95. The molecule has 2 aliphatic rings. The van der Waals surface area contributed by atoms with Gasteiger partial charge in [0.15, 0.2) is 5.17 Å². The molecule has 1 aliphatic carbocycles. The van der Waals surface area contributed by atoms with Gasteiger partial charge in [-0.1, -0.05) is 37.9 Å². The van der Waals surface area contributed by atoms with Crippen LogP contribution < -0.4 is 0 Å². The van der Waals surface area contributed by atoms with E-state index in [1.54, 1.807) is 0 Å². The maximum absolute atomic E-state index is 9.23. The van der Waals surface area contributed by atoms with Crippen molar-refractivity contribution in [3.63, 3.8) is 0 Å². The summed E-state index contributed by atoms with van der Waals surface area (Å²) in [6.45, 7) is 8.74. The lowest BCUT2D eigenvalue weighted by Gasteiger charge is -2.40. The minimum absolute atomic E-state index is 0.327. The molecular formula is C21H29N3S. The Bertz CT molecular complexity index is 711. The Morgan fingerprint density at radius 1 is 1.28 bits per heavy atom. The molecule has 1 heterocycles. The molecule has 4 heteroatoms. The molecule has 1 saturated heterocycles. The molecule has 25 heavy (non-hydrogen) atoms. The van der Waals surface area contributed by atoms with Gasteiger partial charge in [-0.15, -0.1) is 0 Å². The fourth-order valence-corrected chi connectivity index (χ4v) is 5.90. The van der Waals surface area contributed by atoms with Crippen molar-refractivity contribution in [1.29, 1.82) is 5.26 Å². The second kappa shape index (κ2) is 7.41. The molecular weight excluding hydrogens is 326 g/mol. The second-order valence-electron chi connectivity index (χ2n) is 7.62. The molecule has 0 N–H and O–H groups in total. The van der Waals surface area contributed by atoms with E-state index in [0.717, 1.165) is 22.4 Å². The van der Waals surface area contributed by atoms with E-state index in [1.807, 2.05) is 30.8 Å². The van der Waals surface area contributed by atoms with Crippen molar-refractivity contribution in [3.05, 3.63) is 28.8 Å². The lowest BCUT2D eigenvalue weighted by Crippen LogP contribution is -2.50. The van der Waals surface area contributed by atoms with Gasteiger partial charge < -0.3 is 4.90 Å². The van der Waals surface area contributed by atoms with Crippen molar-refractivity contribution in [2.45, 2.75) is 77.8 Å². The number of amidine groups is 1. The van der Waals surface area contributed by atoms with Crippen LogP contribution in [0.15, 0.2) is 17.1 Å². The first kappa shape index (κ1) is 18.3. The summed E-state index contributed by atoms with van der Waals surface area (Å²) in [5.41, 5.74) is 4.28. The molecule has 1 aromatic rings. The first-order chi connectivity index (χ1) is 12.0. The summed E-state index contributed by atoms with van der Waals surface area (Å²) in [6.07, 6.45) is 7.72. The van der Waals surface area contributed by atoms with Crippen LogP contribution in [0.1, 0.15) is 69.1 Å². The normalized spacial score (nSPS) is 21.9. The highest BCUT2D eigenvalue weighted by Gasteiger charge is 2.48. The SMILES string of the molecule is CCCC(C)N1C(=Nc2ccc(C#N)c(C)c2C)SCC12CCCC2. The van der Waals surface area contributed by atoms with E-state index in [1.165, 1.54) is 49.4 Å². The van der Waals surface area contributed by atoms with Crippen LogP contribution in [-0.4, -0.2) is 27.4 Å². The summed E-state index contributed by atoms with van der Waals surface area (Å²) in [5, 5.41) is 10.4. The van der Waals surface area contributed by atoms with E-state index in [-0.39, 0.29) is 0 Å². The van der Waals surface area contributed by atoms with Gasteiger partial charge >= 0.3 is 0 Å². The largest absolute Gasteiger partial charge is 0.342 e. The van der Waals surface area contributed by atoms with Gasteiger partial charge in [0.25, 0.3) is 0 Å². The highest BCUT2D eigenvalue weighted by molar-refractivity contribution is 8.14. The Labute approximate surface area is 156 Å². The van der Waals surface area contributed by atoms with Crippen LogP contribution in [0.2, 0.25) is 0 Å². The third kappa shape index (κ3) is 3.31. The number of rotatable bonds is 4. The van der Waals surface area contributed by atoms with E-state index in [4.69, 9.17) is 4.99 Å². The first-order valence-corrected chi connectivity index (χ1v) is 10.5. The number of aliphatic imine (C=N–C) groups is 1. The van der Waals surface area contributed by atoms with E-state index < -0.39 is 0 Å². The molecule has 1 aliphatic heterocycles. The van der Waals surface area contributed by atoms with Crippen LogP contribution >= 0.6 is 11.8 Å². The Hall–Kier alpha value is -1.47. The third-order valence-electron chi connectivity index (χ3n) is 5.96. The van der Waals surface area contributed by atoms with Gasteiger partial charge in [0.1, 0.15) is 0 Å². The van der Waals surface area contributed by atoms with Gasteiger partial charge in [0, 0.05) is 11.8 Å². The summed E-state index contributed by atoms with van der Waals surface area (Å²) in [7, 11) is 0. The Kier molecular flexibility index (Phi) is 5.43. The van der Waals surface area contributed by atoms with E-state index >= 15 is 0 Å². The first-order valence-electron chi connectivity index (χ1n) is 9.53. The second-order valence-corrected chi connectivity index (χ2v) is 8.56. The minimum atomic E-state index is 0.327. The van der Waals surface area contributed by atoms with Gasteiger partial charge in [0.05, 0.1) is 22.9 Å². The quantitative estimate of drug-likeness (QED) is 0.694. The van der Waals surface area contributed by atoms with Crippen LogP contribution in [-0.2, 0) is 0 Å². The predicted octanol–water partition coefficient (Wildman–Crippen LogP) is 5.71. The molecule has 0 aromatic heterocycles. The van der Waals surface area contributed by atoms with Crippen molar-refractivity contribution in [1.82, 2.24) is 4.90 Å². The molecule has 1 aromatic carbocycles. The smallest absolute Gasteiger partial charge is 0.165 e. The van der Waals surface area contributed by atoms with Crippen LogP contribution in [0.3, 0.4) is 0 Å². The van der Waals surface area contributed by atoms with Crippen molar-refractivity contribution < 1.29 is 0 Å². The number of nitrogens with zero attached hydrogens (tertiary/aromatic N) is 3. The number of hydrogen-bond acceptors (Lipinski definition) is 3. The van der Waals surface area contributed by atoms with Gasteiger partial charge in [-0.3, -0.25) is 0 Å². The van der Waals surface area contributed by atoms with E-state index in [9.17, 15) is 5.26 Å². The molecule has 1 atom stereocenters. The molecule has 2 fully saturated rings. The maximum atomic E-state index is 9.23. The molecule has 3 rings (SSSR count). The zero-order chi connectivity index (χ0) is 18.0. The molecule has 1 spiro atoms. The monoisotopic (exact) mass is 355 g/mol. The third-order valence-corrected chi connectivity index (χ3v) is 7.19. The number of hydrogen-bond donors (Lipinski definition) is 0. The summed E-state index contributed by atoms with van der Waals surface area (Å²) < 4.78 is 0. The summed E-state index contributed by atoms with van der Waals surface area (Å²) in [6, 6.07) is 6.73. The van der Waals surface area contributed by atoms with Crippen molar-refractivity contribution in [2.24, 2.45) is 4.99 Å². The van der Waals surface area contributed by atoms with Gasteiger partial charge in [-0.25, -0.2) is 4.99 Å². The highest BCUT2D eigenvalue weighted by atomic mass is 32.2. The number of nitriles is 1. The topological polar surface area (TPSA) is 39.4 Å². The van der Waals surface area contributed by atoms with Crippen LogP contribution in [0.25, 0.3) is 0 Å². The fourth-order valence-electron chi connectivity index (χ4n) is 4.40. The molecule has 1 unspecified atom stereocenters. The molecule has 1 saturated carbocycles. The van der Waals surface area contributed by atoms with E-state index in [0.29, 0.717) is 11.6 Å². The Morgan fingerprint density at radius 3 is 2.64 bits per heavy atom. The molecule has 0 bridgehead atoms. The molecule has 134 valence electrons. The van der Waals surface area contributed by atoms with Crippen molar-refractivity contribution in [2.75, 3.05) is 5.75 Å². The van der Waals surface area contributed by atoms with Crippen molar-refractivity contribution in [3.8, 4) is 6.07 Å². The highest BCUT2D eigenvalue weighted by Crippen LogP contribution is 2.47. The Morgan fingerprint density at radius 2 is 2.00 bits per heavy atom. The molecule has 3 nitrogen and oxygen atoms in total. The zero-order valence-electron chi connectivity index (χ0n) is 15.9.